The lowest BCUT2D eigenvalue weighted by atomic mass is 9.95. The first-order chi connectivity index (χ1) is 9.94. The van der Waals surface area contributed by atoms with Crippen molar-refractivity contribution in [1.29, 1.82) is 0 Å². The van der Waals surface area contributed by atoms with Gasteiger partial charge in [-0.05, 0) is 12.1 Å². The molecule has 0 fully saturated rings. The molecule has 108 valence electrons. The predicted octanol–water partition coefficient (Wildman–Crippen LogP) is 2.65. The van der Waals surface area contributed by atoms with E-state index in [9.17, 15) is 18.0 Å². The van der Waals surface area contributed by atoms with Crippen LogP contribution in [-0.2, 0) is 5.66 Å². The number of hydrogen-bond acceptors (Lipinski definition) is 3. The number of benzene rings is 1. The second-order valence-electron chi connectivity index (χ2n) is 4.59. The zero-order valence-corrected chi connectivity index (χ0v) is 10.6. The average molecular weight is 293 g/mol. The van der Waals surface area contributed by atoms with Crippen molar-refractivity contribution in [3.05, 3.63) is 59.8 Å². The molecule has 0 radical (unpaired) electrons. The number of nitrogens with zero attached hydrogens (tertiary/aromatic N) is 1. The first kappa shape index (κ1) is 13.4. The second-order valence-corrected chi connectivity index (χ2v) is 4.59. The molecule has 4 nitrogen and oxygen atoms in total. The van der Waals surface area contributed by atoms with Crippen molar-refractivity contribution in [3.8, 4) is 0 Å². The van der Waals surface area contributed by atoms with Crippen LogP contribution in [0.15, 0.2) is 48.7 Å². The summed E-state index contributed by atoms with van der Waals surface area (Å²) in [6.45, 7) is 0. The molecular weight excluding hydrogens is 283 g/mol. The maximum atomic E-state index is 13.6. The second kappa shape index (κ2) is 4.47. The van der Waals surface area contributed by atoms with Crippen molar-refractivity contribution >= 4 is 11.7 Å². The number of rotatable bonds is 1. The van der Waals surface area contributed by atoms with Gasteiger partial charge in [0.1, 0.15) is 5.82 Å². The van der Waals surface area contributed by atoms with Crippen molar-refractivity contribution in [2.24, 2.45) is 0 Å². The minimum atomic E-state index is -4.74. The first-order valence-electron chi connectivity index (χ1n) is 6.12. The Kier molecular flexibility index (Phi) is 2.86. The lowest BCUT2D eigenvalue weighted by molar-refractivity contribution is -0.189. The standard InChI is InChI=1S/C14H10F3N3O/c15-14(16,17)13(9-5-2-1-3-6-9)19-11-10(12(21)20-13)7-4-8-18-11/h1-8H,(H,18,19)(H,20,21). The molecule has 0 saturated heterocycles. The topological polar surface area (TPSA) is 54.0 Å². The fourth-order valence-electron chi connectivity index (χ4n) is 2.27. The number of alkyl halides is 3. The summed E-state index contributed by atoms with van der Waals surface area (Å²) in [5.41, 5.74) is -2.72. The molecule has 1 amide bonds. The van der Waals surface area contributed by atoms with E-state index in [1.54, 1.807) is 6.07 Å². The number of hydrogen-bond donors (Lipinski definition) is 2. The van der Waals surface area contributed by atoms with Gasteiger partial charge in [0.05, 0.1) is 5.56 Å². The molecule has 1 atom stereocenters. The lowest BCUT2D eigenvalue weighted by Crippen LogP contribution is -2.63. The maximum absolute atomic E-state index is 13.6. The van der Waals surface area contributed by atoms with Crippen LogP contribution in [0.2, 0.25) is 0 Å². The predicted molar refractivity (Wildman–Crippen MR) is 69.5 cm³/mol. The van der Waals surface area contributed by atoms with Gasteiger partial charge >= 0.3 is 6.18 Å². The van der Waals surface area contributed by atoms with Crippen LogP contribution in [0.1, 0.15) is 15.9 Å². The van der Waals surface area contributed by atoms with E-state index >= 15 is 0 Å². The molecule has 1 aromatic heterocycles. The van der Waals surface area contributed by atoms with Crippen molar-refractivity contribution in [3.63, 3.8) is 0 Å². The number of carbonyl (C=O) groups is 1. The summed E-state index contributed by atoms with van der Waals surface area (Å²) in [5.74, 6) is -0.916. The molecule has 1 aromatic carbocycles. The van der Waals surface area contributed by atoms with E-state index < -0.39 is 17.7 Å². The van der Waals surface area contributed by atoms with E-state index in [0.29, 0.717) is 0 Å². The van der Waals surface area contributed by atoms with E-state index in [0.717, 1.165) is 0 Å². The van der Waals surface area contributed by atoms with Crippen LogP contribution in [0.4, 0.5) is 19.0 Å². The highest BCUT2D eigenvalue weighted by atomic mass is 19.4. The third-order valence-corrected chi connectivity index (χ3v) is 3.29. The van der Waals surface area contributed by atoms with Gasteiger partial charge < -0.3 is 10.6 Å². The number of pyridine rings is 1. The molecule has 21 heavy (non-hydrogen) atoms. The maximum Gasteiger partial charge on any atom is 0.434 e. The lowest BCUT2D eigenvalue weighted by Gasteiger charge is -2.41. The SMILES string of the molecule is O=C1NC(c2ccccc2)(C(F)(F)F)Nc2ncccc21. The van der Waals surface area contributed by atoms with Gasteiger partial charge in [-0.3, -0.25) is 4.79 Å². The molecule has 0 aliphatic carbocycles. The molecule has 0 saturated carbocycles. The van der Waals surface area contributed by atoms with E-state index in [4.69, 9.17) is 0 Å². The summed E-state index contributed by atoms with van der Waals surface area (Å²) in [6, 6.07) is 10.1. The van der Waals surface area contributed by atoms with Crippen molar-refractivity contribution in [1.82, 2.24) is 10.3 Å². The summed E-state index contributed by atoms with van der Waals surface area (Å²) in [5, 5.41) is 4.36. The molecule has 1 aliphatic rings. The van der Waals surface area contributed by atoms with Crippen LogP contribution in [0, 0.1) is 0 Å². The van der Waals surface area contributed by atoms with E-state index in [1.165, 1.54) is 42.6 Å². The van der Waals surface area contributed by atoms with Crippen molar-refractivity contribution < 1.29 is 18.0 Å². The molecule has 0 bridgehead atoms. The zero-order valence-electron chi connectivity index (χ0n) is 10.6. The number of amides is 1. The Labute approximate surface area is 118 Å². The average Bonchev–Trinajstić information content (AvgIpc) is 2.47. The van der Waals surface area contributed by atoms with Crippen molar-refractivity contribution in [2.75, 3.05) is 5.32 Å². The summed E-state index contributed by atoms with van der Waals surface area (Å²) >= 11 is 0. The minimum Gasteiger partial charge on any atom is -0.336 e. The molecule has 7 heteroatoms. The Balaban J connectivity index is 2.19. The van der Waals surface area contributed by atoms with Crippen LogP contribution < -0.4 is 10.6 Å². The molecule has 2 N–H and O–H groups in total. The fraction of sp³-hybridized carbons (Fsp3) is 0.143. The van der Waals surface area contributed by atoms with Gasteiger partial charge in [-0.15, -0.1) is 0 Å². The Bertz CT molecular complexity index is 687. The van der Waals surface area contributed by atoms with Crippen LogP contribution in [0.25, 0.3) is 0 Å². The first-order valence-corrected chi connectivity index (χ1v) is 6.12. The third-order valence-electron chi connectivity index (χ3n) is 3.29. The van der Waals surface area contributed by atoms with Crippen LogP contribution in [0.5, 0.6) is 0 Å². The molecule has 3 rings (SSSR count). The number of nitrogens with one attached hydrogen (secondary N) is 2. The Morgan fingerprint density at radius 1 is 1.00 bits per heavy atom. The molecule has 0 spiro atoms. The highest BCUT2D eigenvalue weighted by Crippen LogP contribution is 2.42. The Morgan fingerprint density at radius 3 is 2.38 bits per heavy atom. The summed E-state index contributed by atoms with van der Waals surface area (Å²) in [7, 11) is 0. The normalized spacial score (nSPS) is 21.2. The summed E-state index contributed by atoms with van der Waals surface area (Å²) in [4.78, 5) is 15.9. The van der Waals surface area contributed by atoms with Crippen LogP contribution in [0.3, 0.4) is 0 Å². The number of aromatic nitrogens is 1. The molecule has 1 unspecified atom stereocenters. The van der Waals surface area contributed by atoms with Gasteiger partial charge in [0, 0.05) is 11.8 Å². The smallest absolute Gasteiger partial charge is 0.336 e. The highest BCUT2D eigenvalue weighted by Gasteiger charge is 2.59. The Morgan fingerprint density at radius 2 is 1.71 bits per heavy atom. The van der Waals surface area contributed by atoms with Crippen molar-refractivity contribution in [2.45, 2.75) is 11.8 Å². The molecular formula is C14H10F3N3O. The molecule has 1 aliphatic heterocycles. The summed E-state index contributed by atoms with van der Waals surface area (Å²) in [6.07, 6.45) is -3.41. The molecule has 2 heterocycles. The number of halogens is 3. The molecule has 2 aromatic rings. The van der Waals surface area contributed by atoms with Gasteiger partial charge in [-0.25, -0.2) is 4.98 Å². The fourth-order valence-corrected chi connectivity index (χ4v) is 2.27. The van der Waals surface area contributed by atoms with Gasteiger partial charge in [0.2, 0.25) is 5.66 Å². The van der Waals surface area contributed by atoms with Gasteiger partial charge in [-0.2, -0.15) is 13.2 Å². The van der Waals surface area contributed by atoms with Gasteiger partial charge in [0.25, 0.3) is 5.91 Å². The zero-order chi connectivity index (χ0) is 15.1. The number of anilines is 1. The van der Waals surface area contributed by atoms with Crippen LogP contribution in [-0.4, -0.2) is 17.1 Å². The van der Waals surface area contributed by atoms with E-state index in [2.05, 4.69) is 10.3 Å². The van der Waals surface area contributed by atoms with E-state index in [-0.39, 0.29) is 16.9 Å². The third kappa shape index (κ3) is 2.01. The minimum absolute atomic E-state index is 0.0771. The van der Waals surface area contributed by atoms with E-state index in [1.807, 2.05) is 5.32 Å². The number of carbonyl (C=O) groups excluding carboxylic acids is 1. The monoisotopic (exact) mass is 293 g/mol. The highest BCUT2D eigenvalue weighted by molar-refractivity contribution is 6.01. The quantitative estimate of drug-likeness (QED) is 0.850. The number of fused-ring (bicyclic) bond motifs is 1. The van der Waals surface area contributed by atoms with Gasteiger partial charge in [-0.1, -0.05) is 30.3 Å². The largest absolute Gasteiger partial charge is 0.434 e. The summed E-state index contributed by atoms with van der Waals surface area (Å²) < 4.78 is 40.9. The Hall–Kier alpha value is -2.57. The van der Waals surface area contributed by atoms with Gasteiger partial charge in [0.15, 0.2) is 0 Å². The van der Waals surface area contributed by atoms with Crippen LogP contribution >= 0.6 is 0 Å².